The van der Waals surface area contributed by atoms with Crippen molar-refractivity contribution >= 4 is 17.6 Å². The summed E-state index contributed by atoms with van der Waals surface area (Å²) < 4.78 is 5.34. The SMILES string of the molecule is Cc1ccc(N(Cc2ccc(C(=O)NO)cc2)C(=O)N2CCOCC2)cc1. The zero-order valence-electron chi connectivity index (χ0n) is 15.2. The summed E-state index contributed by atoms with van der Waals surface area (Å²) in [5.74, 6) is -0.568. The van der Waals surface area contributed by atoms with Crippen molar-refractivity contribution < 1.29 is 19.5 Å². The minimum atomic E-state index is -0.568. The molecular weight excluding hydrogens is 346 g/mol. The molecule has 2 aromatic carbocycles. The normalized spacial score (nSPS) is 13.9. The molecule has 0 radical (unpaired) electrons. The summed E-state index contributed by atoms with van der Waals surface area (Å²) in [7, 11) is 0. The first-order chi connectivity index (χ1) is 13.1. The van der Waals surface area contributed by atoms with Gasteiger partial charge in [0.1, 0.15) is 0 Å². The summed E-state index contributed by atoms with van der Waals surface area (Å²) in [5.41, 5.74) is 4.78. The minimum Gasteiger partial charge on any atom is -0.378 e. The number of ether oxygens (including phenoxy) is 1. The van der Waals surface area contributed by atoms with Crippen molar-refractivity contribution in [1.82, 2.24) is 10.4 Å². The number of carbonyl (C=O) groups is 2. The van der Waals surface area contributed by atoms with Crippen molar-refractivity contribution in [3.05, 3.63) is 65.2 Å². The number of morpholine rings is 1. The number of nitrogens with one attached hydrogen (secondary N) is 1. The van der Waals surface area contributed by atoms with Crippen molar-refractivity contribution in [2.45, 2.75) is 13.5 Å². The van der Waals surface area contributed by atoms with Gasteiger partial charge in [-0.3, -0.25) is 14.9 Å². The standard InChI is InChI=1S/C20H23N3O4/c1-15-2-8-18(9-3-15)23(20(25)22-10-12-27-13-11-22)14-16-4-6-17(7-5-16)19(24)21-26/h2-9,26H,10-14H2,1H3,(H,21,24). The highest BCUT2D eigenvalue weighted by Gasteiger charge is 2.24. The molecule has 2 N–H and O–H groups in total. The van der Waals surface area contributed by atoms with E-state index in [1.165, 1.54) is 0 Å². The van der Waals surface area contributed by atoms with E-state index in [-0.39, 0.29) is 6.03 Å². The molecule has 7 heteroatoms. The van der Waals surface area contributed by atoms with Crippen LogP contribution in [0.15, 0.2) is 48.5 Å². The molecule has 0 bridgehead atoms. The van der Waals surface area contributed by atoms with Crippen molar-refractivity contribution in [2.75, 3.05) is 31.2 Å². The molecule has 0 saturated carbocycles. The second kappa shape index (κ2) is 8.66. The molecule has 1 aliphatic heterocycles. The largest absolute Gasteiger partial charge is 0.378 e. The fourth-order valence-electron chi connectivity index (χ4n) is 2.93. The average molecular weight is 369 g/mol. The van der Waals surface area contributed by atoms with Crippen LogP contribution < -0.4 is 10.4 Å². The number of urea groups is 1. The summed E-state index contributed by atoms with van der Waals surface area (Å²) in [6.07, 6.45) is 0. The van der Waals surface area contributed by atoms with Crippen LogP contribution in [0.25, 0.3) is 0 Å². The van der Waals surface area contributed by atoms with Crippen LogP contribution in [0, 0.1) is 6.92 Å². The molecule has 3 rings (SSSR count). The maximum Gasteiger partial charge on any atom is 0.324 e. The van der Waals surface area contributed by atoms with Crippen molar-refractivity contribution in [3.8, 4) is 0 Å². The van der Waals surface area contributed by atoms with Gasteiger partial charge in [-0.1, -0.05) is 29.8 Å². The fraction of sp³-hybridized carbons (Fsp3) is 0.300. The maximum atomic E-state index is 13.1. The molecule has 142 valence electrons. The molecule has 2 aromatic rings. The molecule has 0 unspecified atom stereocenters. The van der Waals surface area contributed by atoms with Crippen molar-refractivity contribution in [2.24, 2.45) is 0 Å². The molecule has 1 heterocycles. The number of benzene rings is 2. The molecule has 0 aliphatic carbocycles. The zero-order chi connectivity index (χ0) is 19.2. The Morgan fingerprint density at radius 2 is 1.70 bits per heavy atom. The van der Waals surface area contributed by atoms with Gasteiger partial charge in [0, 0.05) is 24.3 Å². The Labute approximate surface area is 158 Å². The first-order valence-corrected chi connectivity index (χ1v) is 8.82. The summed E-state index contributed by atoms with van der Waals surface area (Å²) in [5, 5.41) is 8.72. The van der Waals surface area contributed by atoms with Crippen LogP contribution in [0.2, 0.25) is 0 Å². The highest BCUT2D eigenvalue weighted by atomic mass is 16.5. The van der Waals surface area contributed by atoms with Crippen molar-refractivity contribution in [3.63, 3.8) is 0 Å². The van der Waals surface area contributed by atoms with E-state index in [0.29, 0.717) is 38.4 Å². The van der Waals surface area contributed by atoms with Gasteiger partial charge in [-0.2, -0.15) is 0 Å². The lowest BCUT2D eigenvalue weighted by atomic mass is 10.1. The predicted octanol–water partition coefficient (Wildman–Crippen LogP) is 2.57. The molecule has 1 fully saturated rings. The monoisotopic (exact) mass is 369 g/mol. The van der Waals surface area contributed by atoms with Crippen molar-refractivity contribution in [1.29, 1.82) is 0 Å². The van der Waals surface area contributed by atoms with Gasteiger partial charge in [0.25, 0.3) is 5.91 Å². The number of carbonyl (C=O) groups excluding carboxylic acids is 2. The number of hydrogen-bond donors (Lipinski definition) is 2. The molecular formula is C20H23N3O4. The van der Waals surface area contributed by atoms with E-state index < -0.39 is 5.91 Å². The van der Waals surface area contributed by atoms with E-state index in [4.69, 9.17) is 9.94 Å². The summed E-state index contributed by atoms with van der Waals surface area (Å²) >= 11 is 0. The Hall–Kier alpha value is -2.90. The summed E-state index contributed by atoms with van der Waals surface area (Å²) in [4.78, 5) is 28.1. The smallest absolute Gasteiger partial charge is 0.324 e. The third-order valence-electron chi connectivity index (χ3n) is 4.52. The van der Waals surface area contributed by atoms with Gasteiger partial charge >= 0.3 is 6.03 Å². The average Bonchev–Trinajstić information content (AvgIpc) is 2.73. The molecule has 3 amide bonds. The minimum absolute atomic E-state index is 0.0701. The van der Waals surface area contributed by atoms with E-state index in [1.807, 2.05) is 31.2 Å². The van der Waals surface area contributed by atoms with Gasteiger partial charge in [-0.05, 0) is 36.8 Å². The molecule has 0 spiro atoms. The third-order valence-corrected chi connectivity index (χ3v) is 4.52. The first-order valence-electron chi connectivity index (χ1n) is 8.82. The highest BCUT2D eigenvalue weighted by Crippen LogP contribution is 2.21. The van der Waals surface area contributed by atoms with Crippen LogP contribution in [0.1, 0.15) is 21.5 Å². The lowest BCUT2D eigenvalue weighted by molar-refractivity contribution is 0.0548. The lowest BCUT2D eigenvalue weighted by Gasteiger charge is -2.33. The van der Waals surface area contributed by atoms with Crippen LogP contribution in [0.3, 0.4) is 0 Å². The Morgan fingerprint density at radius 3 is 2.30 bits per heavy atom. The van der Waals surface area contributed by atoms with E-state index in [2.05, 4.69) is 0 Å². The van der Waals surface area contributed by atoms with Gasteiger partial charge in [0.05, 0.1) is 19.8 Å². The van der Waals surface area contributed by atoms with Gasteiger partial charge in [-0.15, -0.1) is 0 Å². The highest BCUT2D eigenvalue weighted by molar-refractivity contribution is 5.94. The number of hydrogen-bond acceptors (Lipinski definition) is 4. The quantitative estimate of drug-likeness (QED) is 0.641. The molecule has 1 aliphatic rings. The van der Waals surface area contributed by atoms with Gasteiger partial charge in [-0.25, -0.2) is 10.3 Å². The molecule has 27 heavy (non-hydrogen) atoms. The number of aryl methyl sites for hydroxylation is 1. The Morgan fingerprint density at radius 1 is 1.07 bits per heavy atom. The van der Waals surface area contributed by atoms with E-state index in [1.54, 1.807) is 39.5 Å². The summed E-state index contributed by atoms with van der Waals surface area (Å²) in [6, 6.07) is 14.5. The zero-order valence-corrected chi connectivity index (χ0v) is 15.2. The fourth-order valence-corrected chi connectivity index (χ4v) is 2.93. The van der Waals surface area contributed by atoms with Crippen LogP contribution in [0.5, 0.6) is 0 Å². The maximum absolute atomic E-state index is 13.1. The van der Waals surface area contributed by atoms with E-state index in [0.717, 1.165) is 16.8 Å². The van der Waals surface area contributed by atoms with Gasteiger partial charge in [0.15, 0.2) is 0 Å². The number of rotatable bonds is 4. The van der Waals surface area contributed by atoms with Crippen LogP contribution in [0.4, 0.5) is 10.5 Å². The Bertz CT molecular complexity index is 784. The Balaban J connectivity index is 1.83. The van der Waals surface area contributed by atoms with Gasteiger partial charge in [0.2, 0.25) is 0 Å². The molecule has 1 saturated heterocycles. The molecule has 0 aromatic heterocycles. The van der Waals surface area contributed by atoms with Crippen LogP contribution in [-0.2, 0) is 11.3 Å². The number of hydroxylamine groups is 1. The number of amides is 3. The third kappa shape index (κ3) is 4.64. The first kappa shape index (κ1) is 18.9. The molecule has 7 nitrogen and oxygen atoms in total. The second-order valence-electron chi connectivity index (χ2n) is 6.44. The van der Waals surface area contributed by atoms with E-state index >= 15 is 0 Å². The number of nitrogens with zero attached hydrogens (tertiary/aromatic N) is 2. The van der Waals surface area contributed by atoms with Crippen LogP contribution >= 0.6 is 0 Å². The lowest BCUT2D eigenvalue weighted by Crippen LogP contribution is -2.48. The predicted molar refractivity (Wildman–Crippen MR) is 101 cm³/mol. The topological polar surface area (TPSA) is 82.1 Å². The number of anilines is 1. The summed E-state index contributed by atoms with van der Waals surface area (Å²) in [6.45, 7) is 4.59. The van der Waals surface area contributed by atoms with Gasteiger partial charge < -0.3 is 9.64 Å². The second-order valence-corrected chi connectivity index (χ2v) is 6.44. The molecule has 0 atom stereocenters. The Kier molecular flexibility index (Phi) is 6.05. The van der Waals surface area contributed by atoms with E-state index in [9.17, 15) is 9.59 Å². The van der Waals surface area contributed by atoms with Crippen LogP contribution in [-0.4, -0.2) is 48.3 Å².